The number of hydrogen-bond acceptors (Lipinski definition) is 7. The molecular formula is C16H21N3O5S2. The molecule has 1 amide bonds. The fourth-order valence-electron chi connectivity index (χ4n) is 2.67. The SMILES string of the molecule is NC(=O)c1cc(S(=O)(=O)N(CCN2CCOCC2)Cc2ccco2)cs1. The number of ether oxygens (including phenoxy) is 1. The Labute approximate surface area is 156 Å². The topological polar surface area (TPSA) is 106 Å². The van der Waals surface area contributed by atoms with Crippen LogP contribution in [0.3, 0.4) is 0 Å². The van der Waals surface area contributed by atoms with Crippen molar-refractivity contribution in [2.45, 2.75) is 11.4 Å². The first-order valence-corrected chi connectivity index (χ1v) is 10.5. The minimum atomic E-state index is -3.77. The zero-order chi connectivity index (χ0) is 18.6. The van der Waals surface area contributed by atoms with Crippen LogP contribution in [-0.2, 0) is 21.3 Å². The van der Waals surface area contributed by atoms with Gasteiger partial charge in [0.05, 0.1) is 35.8 Å². The number of primary amides is 1. The highest BCUT2D eigenvalue weighted by Gasteiger charge is 2.28. The molecule has 3 heterocycles. The molecule has 0 unspecified atom stereocenters. The molecule has 0 bridgehead atoms. The number of carbonyl (C=O) groups excluding carboxylic acids is 1. The van der Waals surface area contributed by atoms with Crippen LogP contribution in [0.2, 0.25) is 0 Å². The molecule has 26 heavy (non-hydrogen) atoms. The molecule has 1 aliphatic rings. The van der Waals surface area contributed by atoms with Crippen molar-refractivity contribution >= 4 is 27.3 Å². The lowest BCUT2D eigenvalue weighted by molar-refractivity contribution is 0.0360. The van der Waals surface area contributed by atoms with Crippen LogP contribution in [-0.4, -0.2) is 62.9 Å². The van der Waals surface area contributed by atoms with Gasteiger partial charge < -0.3 is 14.9 Å². The number of hydrogen-bond donors (Lipinski definition) is 1. The zero-order valence-electron chi connectivity index (χ0n) is 14.2. The van der Waals surface area contributed by atoms with Crippen molar-refractivity contribution in [1.29, 1.82) is 0 Å². The second-order valence-electron chi connectivity index (χ2n) is 5.88. The van der Waals surface area contributed by atoms with Crippen molar-refractivity contribution in [3.05, 3.63) is 40.5 Å². The maximum absolute atomic E-state index is 13.1. The molecule has 0 spiro atoms. The van der Waals surface area contributed by atoms with E-state index in [0.717, 1.165) is 24.4 Å². The van der Waals surface area contributed by atoms with E-state index in [0.29, 0.717) is 32.1 Å². The number of furan rings is 1. The molecule has 8 nitrogen and oxygen atoms in total. The lowest BCUT2D eigenvalue weighted by Gasteiger charge is -2.29. The molecule has 2 N–H and O–H groups in total. The van der Waals surface area contributed by atoms with Crippen molar-refractivity contribution in [3.63, 3.8) is 0 Å². The summed E-state index contributed by atoms with van der Waals surface area (Å²) in [5.74, 6) is -0.0803. The summed E-state index contributed by atoms with van der Waals surface area (Å²) in [6.07, 6.45) is 1.51. The second-order valence-corrected chi connectivity index (χ2v) is 8.73. The number of carbonyl (C=O) groups is 1. The van der Waals surface area contributed by atoms with Crippen molar-refractivity contribution in [2.75, 3.05) is 39.4 Å². The van der Waals surface area contributed by atoms with Crippen LogP contribution in [0.4, 0.5) is 0 Å². The predicted molar refractivity (Wildman–Crippen MR) is 96.4 cm³/mol. The molecule has 0 radical (unpaired) electrons. The third-order valence-electron chi connectivity index (χ3n) is 4.14. The summed E-state index contributed by atoms with van der Waals surface area (Å²) in [5, 5.41) is 1.44. The molecular weight excluding hydrogens is 378 g/mol. The van der Waals surface area contributed by atoms with Gasteiger partial charge in [0.15, 0.2) is 0 Å². The standard InChI is InChI=1S/C16H21N3O5S2/c17-16(20)15-10-14(12-25-15)26(21,22)19(11-13-2-1-7-24-13)4-3-18-5-8-23-9-6-18/h1-2,7,10,12H,3-6,8-9,11H2,(H2,17,20). The van der Waals surface area contributed by atoms with Gasteiger partial charge in [0.2, 0.25) is 10.0 Å². The van der Waals surface area contributed by atoms with Gasteiger partial charge in [-0.15, -0.1) is 11.3 Å². The number of amides is 1. The van der Waals surface area contributed by atoms with E-state index >= 15 is 0 Å². The Morgan fingerprint density at radius 3 is 2.73 bits per heavy atom. The Hall–Kier alpha value is -1.72. The Kier molecular flexibility index (Phi) is 6.09. The molecule has 1 fully saturated rings. The molecule has 0 aromatic carbocycles. The molecule has 3 rings (SSSR count). The number of rotatable bonds is 8. The summed E-state index contributed by atoms with van der Waals surface area (Å²) in [6.45, 7) is 3.88. The van der Waals surface area contributed by atoms with Gasteiger partial charge in [0.25, 0.3) is 5.91 Å². The third-order valence-corrected chi connectivity index (χ3v) is 7.05. The monoisotopic (exact) mass is 399 g/mol. The Morgan fingerprint density at radius 1 is 1.35 bits per heavy atom. The third kappa shape index (κ3) is 4.51. The van der Waals surface area contributed by atoms with E-state index in [2.05, 4.69) is 4.90 Å². The first kappa shape index (κ1) is 19.1. The molecule has 0 saturated carbocycles. The number of thiophene rings is 1. The van der Waals surface area contributed by atoms with Gasteiger partial charge in [0.1, 0.15) is 5.76 Å². The van der Waals surface area contributed by atoms with E-state index < -0.39 is 15.9 Å². The van der Waals surface area contributed by atoms with Crippen LogP contribution in [0, 0.1) is 0 Å². The van der Waals surface area contributed by atoms with Gasteiger partial charge >= 0.3 is 0 Å². The highest BCUT2D eigenvalue weighted by atomic mass is 32.2. The number of morpholine rings is 1. The largest absolute Gasteiger partial charge is 0.468 e. The molecule has 1 aliphatic heterocycles. The molecule has 10 heteroatoms. The first-order valence-electron chi connectivity index (χ1n) is 8.18. The molecule has 1 saturated heterocycles. The number of nitrogens with two attached hydrogens (primary N) is 1. The molecule has 142 valence electrons. The lowest BCUT2D eigenvalue weighted by Crippen LogP contribution is -2.42. The van der Waals surface area contributed by atoms with Crippen LogP contribution in [0.5, 0.6) is 0 Å². The van der Waals surface area contributed by atoms with Crippen molar-refractivity contribution in [1.82, 2.24) is 9.21 Å². The van der Waals surface area contributed by atoms with Crippen LogP contribution >= 0.6 is 11.3 Å². The molecule has 2 aromatic rings. The van der Waals surface area contributed by atoms with Crippen LogP contribution < -0.4 is 5.73 Å². The van der Waals surface area contributed by atoms with E-state index in [-0.39, 0.29) is 16.3 Å². The van der Waals surface area contributed by atoms with Gasteiger partial charge in [0, 0.05) is 31.6 Å². The van der Waals surface area contributed by atoms with Gasteiger partial charge in [-0.25, -0.2) is 8.42 Å². The van der Waals surface area contributed by atoms with Crippen LogP contribution in [0.15, 0.2) is 39.2 Å². The van der Waals surface area contributed by atoms with Crippen molar-refractivity contribution in [2.24, 2.45) is 5.73 Å². The Balaban J connectivity index is 1.78. The molecule has 0 aliphatic carbocycles. The molecule has 2 aromatic heterocycles. The normalized spacial score (nSPS) is 16.2. The summed E-state index contributed by atoms with van der Waals surface area (Å²) >= 11 is 1.03. The van der Waals surface area contributed by atoms with Gasteiger partial charge in [-0.3, -0.25) is 9.69 Å². The number of nitrogens with zero attached hydrogens (tertiary/aromatic N) is 2. The summed E-state index contributed by atoms with van der Waals surface area (Å²) in [5.41, 5.74) is 5.24. The maximum Gasteiger partial charge on any atom is 0.258 e. The Morgan fingerprint density at radius 2 is 2.12 bits per heavy atom. The quantitative estimate of drug-likeness (QED) is 0.709. The minimum Gasteiger partial charge on any atom is -0.468 e. The van der Waals surface area contributed by atoms with Gasteiger partial charge in [-0.05, 0) is 18.2 Å². The van der Waals surface area contributed by atoms with Crippen molar-refractivity contribution < 1.29 is 22.4 Å². The van der Waals surface area contributed by atoms with Crippen LogP contribution in [0.1, 0.15) is 15.4 Å². The Bertz CT molecular complexity index is 826. The highest BCUT2D eigenvalue weighted by molar-refractivity contribution is 7.89. The second kappa shape index (κ2) is 8.31. The lowest BCUT2D eigenvalue weighted by atomic mass is 10.4. The van der Waals surface area contributed by atoms with E-state index in [9.17, 15) is 13.2 Å². The fourth-order valence-corrected chi connectivity index (χ4v) is 5.18. The molecule has 0 atom stereocenters. The minimum absolute atomic E-state index is 0.0739. The van der Waals surface area contributed by atoms with Crippen LogP contribution in [0.25, 0.3) is 0 Å². The van der Waals surface area contributed by atoms with Gasteiger partial charge in [-0.1, -0.05) is 0 Å². The predicted octanol–water partition coefficient (Wildman–Crippen LogP) is 0.963. The summed E-state index contributed by atoms with van der Waals surface area (Å²) in [4.78, 5) is 13.7. The average molecular weight is 399 g/mol. The fraction of sp³-hybridized carbons (Fsp3) is 0.438. The zero-order valence-corrected chi connectivity index (χ0v) is 15.8. The smallest absolute Gasteiger partial charge is 0.258 e. The highest BCUT2D eigenvalue weighted by Crippen LogP contribution is 2.24. The average Bonchev–Trinajstić information content (AvgIpc) is 3.31. The number of sulfonamides is 1. The van der Waals surface area contributed by atoms with E-state index in [1.807, 2.05) is 0 Å². The summed E-state index contributed by atoms with van der Waals surface area (Å²) in [7, 11) is -3.77. The van der Waals surface area contributed by atoms with E-state index in [4.69, 9.17) is 14.9 Å². The van der Waals surface area contributed by atoms with Gasteiger partial charge in [-0.2, -0.15) is 4.31 Å². The summed E-state index contributed by atoms with van der Waals surface area (Å²) in [6, 6.07) is 4.78. The summed E-state index contributed by atoms with van der Waals surface area (Å²) < 4.78 is 38.1. The van der Waals surface area contributed by atoms with E-state index in [1.54, 1.807) is 12.1 Å². The first-order chi connectivity index (χ1) is 12.5. The van der Waals surface area contributed by atoms with Crippen molar-refractivity contribution in [3.8, 4) is 0 Å². The maximum atomic E-state index is 13.1. The van der Waals surface area contributed by atoms with E-state index in [1.165, 1.54) is 22.0 Å².